The van der Waals surface area contributed by atoms with Crippen molar-refractivity contribution in [3.63, 3.8) is 0 Å². The molecule has 0 saturated heterocycles. The van der Waals surface area contributed by atoms with Crippen LogP contribution in [0.3, 0.4) is 0 Å². The number of anilines is 1. The molecule has 146 valence electrons. The molecule has 4 rings (SSSR count). The standard InChI is InChI=1S/C22H19N3O4/c1-13-18(19-20(26)23-12-24-22(19)29-13)21(27)25-16-8-9-17(28-2)15(11-16)10-14-6-4-3-5-7-14/h3-9,11-12H,10H2,1-2H3,(H,25,27)(H,23,24,26). The number of aromatic nitrogens is 2. The van der Waals surface area contributed by atoms with Crippen molar-refractivity contribution in [2.24, 2.45) is 0 Å². The van der Waals surface area contributed by atoms with E-state index in [4.69, 9.17) is 9.15 Å². The summed E-state index contributed by atoms with van der Waals surface area (Å²) in [5.74, 6) is 0.632. The van der Waals surface area contributed by atoms with E-state index in [0.29, 0.717) is 17.9 Å². The summed E-state index contributed by atoms with van der Waals surface area (Å²) in [5.41, 5.74) is 2.55. The number of ether oxygens (including phenoxy) is 1. The zero-order valence-corrected chi connectivity index (χ0v) is 16.0. The van der Waals surface area contributed by atoms with Gasteiger partial charge in [0.05, 0.1) is 19.0 Å². The predicted molar refractivity (Wildman–Crippen MR) is 110 cm³/mol. The molecule has 0 spiro atoms. The second-order valence-corrected chi connectivity index (χ2v) is 6.59. The minimum absolute atomic E-state index is 0.135. The lowest BCUT2D eigenvalue weighted by Crippen LogP contribution is -2.16. The van der Waals surface area contributed by atoms with Gasteiger partial charge in [-0.3, -0.25) is 9.59 Å². The third kappa shape index (κ3) is 3.62. The van der Waals surface area contributed by atoms with Crippen LogP contribution in [-0.2, 0) is 6.42 Å². The van der Waals surface area contributed by atoms with Crippen molar-refractivity contribution < 1.29 is 13.9 Å². The molecule has 7 nitrogen and oxygen atoms in total. The van der Waals surface area contributed by atoms with Crippen LogP contribution in [0.25, 0.3) is 11.1 Å². The molecule has 1 amide bonds. The number of rotatable bonds is 5. The Bertz CT molecular complexity index is 1240. The summed E-state index contributed by atoms with van der Waals surface area (Å²) in [5, 5.41) is 2.99. The normalized spacial score (nSPS) is 10.8. The third-order valence-corrected chi connectivity index (χ3v) is 4.67. The van der Waals surface area contributed by atoms with Crippen LogP contribution in [0.2, 0.25) is 0 Å². The molecule has 0 aliphatic rings. The van der Waals surface area contributed by atoms with E-state index < -0.39 is 11.5 Å². The van der Waals surface area contributed by atoms with Crippen LogP contribution >= 0.6 is 0 Å². The summed E-state index contributed by atoms with van der Waals surface area (Å²) in [4.78, 5) is 31.5. The monoisotopic (exact) mass is 389 g/mol. The van der Waals surface area contributed by atoms with Gasteiger partial charge in [0.15, 0.2) is 0 Å². The third-order valence-electron chi connectivity index (χ3n) is 4.67. The van der Waals surface area contributed by atoms with E-state index in [1.165, 1.54) is 6.33 Å². The molecule has 2 aromatic carbocycles. The van der Waals surface area contributed by atoms with E-state index in [1.807, 2.05) is 42.5 Å². The number of methoxy groups -OCH3 is 1. The van der Waals surface area contributed by atoms with Crippen LogP contribution in [0.4, 0.5) is 5.69 Å². The molecule has 29 heavy (non-hydrogen) atoms. The Morgan fingerprint density at radius 1 is 1.21 bits per heavy atom. The maximum absolute atomic E-state index is 12.9. The van der Waals surface area contributed by atoms with E-state index in [9.17, 15) is 9.59 Å². The quantitative estimate of drug-likeness (QED) is 0.543. The number of hydrogen-bond donors (Lipinski definition) is 2. The van der Waals surface area contributed by atoms with Crippen LogP contribution in [-0.4, -0.2) is 23.0 Å². The summed E-state index contributed by atoms with van der Waals surface area (Å²) in [6.45, 7) is 1.63. The van der Waals surface area contributed by atoms with Crippen molar-refractivity contribution in [3.05, 3.63) is 87.7 Å². The van der Waals surface area contributed by atoms with Gasteiger partial charge in [0.25, 0.3) is 11.5 Å². The first-order chi connectivity index (χ1) is 14.1. The summed E-state index contributed by atoms with van der Waals surface area (Å²) < 4.78 is 10.9. The molecular formula is C22H19N3O4. The van der Waals surface area contributed by atoms with Crippen molar-refractivity contribution in [1.29, 1.82) is 0 Å². The molecule has 2 aromatic heterocycles. The SMILES string of the molecule is COc1ccc(NC(=O)c2c(C)oc3nc[nH]c(=O)c23)cc1Cc1ccccc1. The fourth-order valence-corrected chi connectivity index (χ4v) is 3.33. The number of carbonyl (C=O) groups excluding carboxylic acids is 1. The predicted octanol–water partition coefficient (Wildman–Crippen LogP) is 3.68. The fraction of sp³-hybridized carbons (Fsp3) is 0.136. The van der Waals surface area contributed by atoms with Gasteiger partial charge in [-0.05, 0) is 30.7 Å². The number of furan rings is 1. The van der Waals surface area contributed by atoms with Gasteiger partial charge in [-0.25, -0.2) is 4.98 Å². The van der Waals surface area contributed by atoms with E-state index >= 15 is 0 Å². The summed E-state index contributed by atoms with van der Waals surface area (Å²) >= 11 is 0. The Morgan fingerprint density at radius 3 is 2.76 bits per heavy atom. The number of hydrogen-bond acceptors (Lipinski definition) is 5. The van der Waals surface area contributed by atoms with Crippen molar-refractivity contribution >= 4 is 22.7 Å². The number of nitrogens with zero attached hydrogens (tertiary/aromatic N) is 1. The number of aryl methyl sites for hydroxylation is 1. The van der Waals surface area contributed by atoms with Crippen LogP contribution in [0.5, 0.6) is 5.75 Å². The number of aromatic amines is 1. The molecule has 0 fully saturated rings. The van der Waals surface area contributed by atoms with Crippen molar-refractivity contribution in [1.82, 2.24) is 9.97 Å². The average Bonchev–Trinajstić information content (AvgIpc) is 3.06. The van der Waals surface area contributed by atoms with Crippen molar-refractivity contribution in [2.45, 2.75) is 13.3 Å². The van der Waals surface area contributed by atoms with Gasteiger partial charge in [0, 0.05) is 17.7 Å². The lowest BCUT2D eigenvalue weighted by atomic mass is 10.0. The van der Waals surface area contributed by atoms with E-state index in [-0.39, 0.29) is 16.7 Å². The highest BCUT2D eigenvalue weighted by Gasteiger charge is 2.22. The molecule has 4 aromatic rings. The van der Waals surface area contributed by atoms with Crippen molar-refractivity contribution in [3.8, 4) is 5.75 Å². The Morgan fingerprint density at radius 2 is 2.00 bits per heavy atom. The van der Waals surface area contributed by atoms with E-state index in [2.05, 4.69) is 15.3 Å². The van der Waals surface area contributed by atoms with Gasteiger partial charge >= 0.3 is 0 Å². The minimum atomic E-state index is -0.435. The zero-order chi connectivity index (χ0) is 20.4. The van der Waals surface area contributed by atoms with Crippen LogP contribution < -0.4 is 15.6 Å². The number of carbonyl (C=O) groups is 1. The van der Waals surface area contributed by atoms with Gasteiger partial charge in [-0.2, -0.15) is 0 Å². The lowest BCUT2D eigenvalue weighted by Gasteiger charge is -2.12. The highest BCUT2D eigenvalue weighted by Crippen LogP contribution is 2.27. The van der Waals surface area contributed by atoms with Crippen LogP contribution in [0.1, 0.15) is 27.2 Å². The highest BCUT2D eigenvalue weighted by molar-refractivity contribution is 6.12. The van der Waals surface area contributed by atoms with Gasteiger partial charge in [0.1, 0.15) is 16.9 Å². The van der Waals surface area contributed by atoms with Gasteiger partial charge in [-0.15, -0.1) is 0 Å². The van der Waals surface area contributed by atoms with Gasteiger partial charge in [0.2, 0.25) is 5.71 Å². The molecule has 0 radical (unpaired) electrons. The summed E-state index contributed by atoms with van der Waals surface area (Å²) in [7, 11) is 1.61. The number of H-pyrrole nitrogens is 1. The molecule has 7 heteroatoms. The molecule has 0 aliphatic heterocycles. The van der Waals surface area contributed by atoms with Gasteiger partial charge < -0.3 is 19.5 Å². The molecule has 2 N–H and O–H groups in total. The first-order valence-corrected chi connectivity index (χ1v) is 9.06. The minimum Gasteiger partial charge on any atom is -0.496 e. The maximum Gasteiger partial charge on any atom is 0.262 e. The largest absolute Gasteiger partial charge is 0.496 e. The molecule has 0 bridgehead atoms. The number of benzene rings is 2. The summed E-state index contributed by atoms with van der Waals surface area (Å²) in [6.07, 6.45) is 1.90. The lowest BCUT2D eigenvalue weighted by molar-refractivity contribution is 0.102. The van der Waals surface area contributed by atoms with E-state index in [0.717, 1.165) is 16.9 Å². The number of fused-ring (bicyclic) bond motifs is 1. The molecule has 0 atom stereocenters. The van der Waals surface area contributed by atoms with Gasteiger partial charge in [-0.1, -0.05) is 30.3 Å². The molecule has 0 saturated carbocycles. The molecule has 0 aliphatic carbocycles. The zero-order valence-electron chi connectivity index (χ0n) is 16.0. The molecule has 0 unspecified atom stereocenters. The first kappa shape index (κ1) is 18.5. The van der Waals surface area contributed by atoms with Crippen LogP contribution in [0.15, 0.2) is 64.1 Å². The summed E-state index contributed by atoms with van der Waals surface area (Å²) in [6, 6.07) is 15.4. The fourth-order valence-electron chi connectivity index (χ4n) is 3.33. The molecular weight excluding hydrogens is 370 g/mol. The maximum atomic E-state index is 12.9. The Kier molecular flexibility index (Phi) is 4.87. The second kappa shape index (κ2) is 7.63. The number of amides is 1. The first-order valence-electron chi connectivity index (χ1n) is 9.06. The average molecular weight is 389 g/mol. The van der Waals surface area contributed by atoms with E-state index in [1.54, 1.807) is 20.1 Å². The second-order valence-electron chi connectivity index (χ2n) is 6.59. The van der Waals surface area contributed by atoms with Crippen molar-refractivity contribution in [2.75, 3.05) is 12.4 Å². The smallest absolute Gasteiger partial charge is 0.262 e. The van der Waals surface area contributed by atoms with Crippen LogP contribution in [0, 0.1) is 6.92 Å². The Labute approximate surface area is 166 Å². The Balaban J connectivity index is 1.66. The topological polar surface area (TPSA) is 97.2 Å². The Hall–Kier alpha value is -3.87. The number of nitrogens with one attached hydrogen (secondary N) is 2. The highest BCUT2D eigenvalue weighted by atomic mass is 16.5. The molecule has 2 heterocycles.